The molecule has 4 nitrogen and oxygen atoms in total. The van der Waals surface area contributed by atoms with Gasteiger partial charge in [-0.2, -0.15) is 0 Å². The molecule has 0 aliphatic heterocycles. The van der Waals surface area contributed by atoms with E-state index < -0.39 is 0 Å². The number of methoxy groups -OCH3 is 1. The van der Waals surface area contributed by atoms with Crippen molar-refractivity contribution < 1.29 is 9.94 Å². The number of aromatic nitrogens is 1. The number of nitrogens with zero attached hydrogens (tertiary/aromatic N) is 1. The molecule has 0 radical (unpaired) electrons. The van der Waals surface area contributed by atoms with Crippen LogP contribution in [0.3, 0.4) is 0 Å². The first kappa shape index (κ1) is 8.77. The predicted octanol–water partition coefficient (Wildman–Crippen LogP) is 2.04. The van der Waals surface area contributed by atoms with Gasteiger partial charge in [0.05, 0.1) is 7.11 Å². The highest BCUT2D eigenvalue weighted by atomic mass is 16.5. The van der Waals surface area contributed by atoms with E-state index in [0.717, 1.165) is 16.5 Å². The Kier molecular flexibility index (Phi) is 2.20. The molecule has 1 heterocycles. The summed E-state index contributed by atoms with van der Waals surface area (Å²) in [5.41, 5.74) is 2.05. The van der Waals surface area contributed by atoms with Crippen LogP contribution in [0.4, 0.5) is 5.82 Å². The lowest BCUT2D eigenvalue weighted by molar-refractivity contribution is 0.387. The molecule has 0 bridgehead atoms. The average molecular weight is 190 g/mol. The number of benzene rings is 1. The van der Waals surface area contributed by atoms with Gasteiger partial charge in [-0.05, 0) is 12.1 Å². The van der Waals surface area contributed by atoms with E-state index in [-0.39, 0.29) is 0 Å². The van der Waals surface area contributed by atoms with Gasteiger partial charge in [0.1, 0.15) is 5.75 Å². The average Bonchev–Trinajstić information content (AvgIpc) is 2.27. The van der Waals surface area contributed by atoms with E-state index >= 15 is 0 Å². The highest BCUT2D eigenvalue weighted by Gasteiger charge is 2.04. The fraction of sp³-hybridized carbons (Fsp3) is 0.100. The lowest BCUT2D eigenvalue weighted by atomic mass is 10.1. The van der Waals surface area contributed by atoms with Gasteiger partial charge in [0.25, 0.3) is 0 Å². The molecular weight excluding hydrogens is 180 g/mol. The van der Waals surface area contributed by atoms with E-state index in [4.69, 9.17) is 9.94 Å². The van der Waals surface area contributed by atoms with Crippen molar-refractivity contribution in [3.63, 3.8) is 0 Å². The van der Waals surface area contributed by atoms with Gasteiger partial charge in [-0.15, -0.1) is 0 Å². The number of hydrogen-bond acceptors (Lipinski definition) is 4. The molecule has 0 aliphatic rings. The molecule has 0 saturated carbocycles. The number of rotatable bonds is 2. The number of pyridine rings is 1. The van der Waals surface area contributed by atoms with E-state index in [9.17, 15) is 0 Å². The highest BCUT2D eigenvalue weighted by Crippen LogP contribution is 2.28. The summed E-state index contributed by atoms with van der Waals surface area (Å²) in [5.74, 6) is 1.20. The van der Waals surface area contributed by atoms with E-state index in [1.165, 1.54) is 0 Å². The Bertz CT molecular complexity index is 414. The SMILES string of the molecule is COc1cccc2c(NO)nccc12. The van der Waals surface area contributed by atoms with Gasteiger partial charge in [0, 0.05) is 17.0 Å². The van der Waals surface area contributed by atoms with Crippen molar-refractivity contribution >= 4 is 16.6 Å². The minimum atomic E-state index is 0.432. The Labute approximate surface area is 81.1 Å². The minimum absolute atomic E-state index is 0.432. The molecule has 0 saturated heterocycles. The Morgan fingerprint density at radius 1 is 1.29 bits per heavy atom. The number of hydrogen-bond donors (Lipinski definition) is 2. The van der Waals surface area contributed by atoms with Crippen molar-refractivity contribution in [1.29, 1.82) is 0 Å². The molecule has 1 aromatic carbocycles. The number of nitrogens with one attached hydrogen (secondary N) is 1. The maximum absolute atomic E-state index is 8.85. The summed E-state index contributed by atoms with van der Waals surface area (Å²) in [5, 5.41) is 10.6. The van der Waals surface area contributed by atoms with Gasteiger partial charge >= 0.3 is 0 Å². The van der Waals surface area contributed by atoms with Crippen LogP contribution < -0.4 is 10.2 Å². The summed E-state index contributed by atoms with van der Waals surface area (Å²) >= 11 is 0. The van der Waals surface area contributed by atoms with Crippen LogP contribution >= 0.6 is 0 Å². The summed E-state index contributed by atoms with van der Waals surface area (Å²) in [4.78, 5) is 3.98. The summed E-state index contributed by atoms with van der Waals surface area (Å²) in [7, 11) is 1.61. The molecule has 2 N–H and O–H groups in total. The monoisotopic (exact) mass is 190 g/mol. The van der Waals surface area contributed by atoms with E-state index in [1.807, 2.05) is 24.3 Å². The van der Waals surface area contributed by atoms with Gasteiger partial charge in [0.15, 0.2) is 5.82 Å². The fourth-order valence-corrected chi connectivity index (χ4v) is 1.45. The van der Waals surface area contributed by atoms with E-state index in [0.29, 0.717) is 5.82 Å². The quantitative estimate of drug-likeness (QED) is 0.711. The minimum Gasteiger partial charge on any atom is -0.496 e. The van der Waals surface area contributed by atoms with Gasteiger partial charge in [-0.1, -0.05) is 12.1 Å². The topological polar surface area (TPSA) is 54.4 Å². The molecule has 14 heavy (non-hydrogen) atoms. The Balaban J connectivity index is 2.77. The summed E-state index contributed by atoms with van der Waals surface area (Å²) in [6.45, 7) is 0. The molecule has 2 aromatic rings. The van der Waals surface area contributed by atoms with Crippen molar-refractivity contribution in [3.8, 4) is 5.75 Å². The van der Waals surface area contributed by atoms with Crippen molar-refractivity contribution in [2.75, 3.05) is 12.6 Å². The number of fused-ring (bicyclic) bond motifs is 1. The molecule has 2 rings (SSSR count). The molecule has 0 spiro atoms. The molecule has 72 valence electrons. The highest BCUT2D eigenvalue weighted by molar-refractivity contribution is 5.95. The second-order valence-electron chi connectivity index (χ2n) is 2.83. The lowest BCUT2D eigenvalue weighted by Gasteiger charge is -2.07. The van der Waals surface area contributed by atoms with Crippen LogP contribution in [-0.4, -0.2) is 17.3 Å². The largest absolute Gasteiger partial charge is 0.496 e. The van der Waals surface area contributed by atoms with Crippen LogP contribution in [0.2, 0.25) is 0 Å². The fourth-order valence-electron chi connectivity index (χ4n) is 1.45. The van der Waals surface area contributed by atoms with Crippen LogP contribution in [0.25, 0.3) is 10.8 Å². The Morgan fingerprint density at radius 3 is 2.86 bits per heavy atom. The molecule has 0 aliphatic carbocycles. The molecule has 0 atom stereocenters. The third-order valence-corrected chi connectivity index (χ3v) is 2.09. The lowest BCUT2D eigenvalue weighted by Crippen LogP contribution is -1.94. The van der Waals surface area contributed by atoms with E-state index in [1.54, 1.807) is 13.3 Å². The molecule has 0 amide bonds. The van der Waals surface area contributed by atoms with Crippen molar-refractivity contribution in [1.82, 2.24) is 4.98 Å². The predicted molar refractivity (Wildman–Crippen MR) is 53.7 cm³/mol. The molecule has 0 unspecified atom stereocenters. The zero-order chi connectivity index (χ0) is 9.97. The standard InChI is InChI=1S/C10H10N2O2/c1-14-9-4-2-3-8-7(9)5-6-11-10(8)12-13/h2-6,13H,1H3,(H,11,12). The smallest absolute Gasteiger partial charge is 0.157 e. The van der Waals surface area contributed by atoms with Crippen LogP contribution in [0, 0.1) is 0 Å². The first-order valence-electron chi connectivity index (χ1n) is 4.18. The van der Waals surface area contributed by atoms with Gasteiger partial charge < -0.3 is 4.74 Å². The van der Waals surface area contributed by atoms with Crippen molar-refractivity contribution in [3.05, 3.63) is 30.5 Å². The molecule has 1 aromatic heterocycles. The van der Waals surface area contributed by atoms with Crippen molar-refractivity contribution in [2.24, 2.45) is 0 Å². The zero-order valence-electron chi connectivity index (χ0n) is 7.69. The third kappa shape index (κ3) is 1.25. The first-order valence-corrected chi connectivity index (χ1v) is 4.18. The third-order valence-electron chi connectivity index (χ3n) is 2.09. The summed E-state index contributed by atoms with van der Waals surface area (Å²) in [6.07, 6.45) is 1.61. The maximum atomic E-state index is 8.85. The summed E-state index contributed by atoms with van der Waals surface area (Å²) < 4.78 is 5.19. The molecule has 0 fully saturated rings. The normalized spacial score (nSPS) is 10.1. The van der Waals surface area contributed by atoms with Crippen LogP contribution in [0.1, 0.15) is 0 Å². The second kappa shape index (κ2) is 3.51. The van der Waals surface area contributed by atoms with Crippen LogP contribution in [0.15, 0.2) is 30.5 Å². The molecular formula is C10H10N2O2. The van der Waals surface area contributed by atoms with Crippen molar-refractivity contribution in [2.45, 2.75) is 0 Å². The number of anilines is 1. The zero-order valence-corrected chi connectivity index (χ0v) is 7.69. The first-order chi connectivity index (χ1) is 6.86. The van der Waals surface area contributed by atoms with Gasteiger partial charge in [-0.25, -0.2) is 4.98 Å². The maximum Gasteiger partial charge on any atom is 0.157 e. The van der Waals surface area contributed by atoms with E-state index in [2.05, 4.69) is 10.5 Å². The van der Waals surface area contributed by atoms with Gasteiger partial charge in [0.2, 0.25) is 0 Å². The van der Waals surface area contributed by atoms with Crippen LogP contribution in [0.5, 0.6) is 5.75 Å². The second-order valence-corrected chi connectivity index (χ2v) is 2.83. The Hall–Kier alpha value is -1.81. The molecule has 4 heteroatoms. The summed E-state index contributed by atoms with van der Waals surface area (Å²) in [6, 6.07) is 7.42. The number of ether oxygens (including phenoxy) is 1. The van der Waals surface area contributed by atoms with Gasteiger partial charge in [-0.3, -0.25) is 10.7 Å². The Morgan fingerprint density at radius 2 is 2.14 bits per heavy atom. The van der Waals surface area contributed by atoms with Crippen LogP contribution in [-0.2, 0) is 0 Å².